The molecule has 10 heteroatoms. The molecule has 162 valence electrons. The Morgan fingerprint density at radius 3 is 2.66 bits per heavy atom. The number of hydrogen-bond acceptors (Lipinski definition) is 9. The van der Waals surface area contributed by atoms with Crippen LogP contribution in [0.3, 0.4) is 0 Å². The maximum atomic E-state index is 12.5. The number of nitrogens with zero attached hydrogens (tertiary/aromatic N) is 4. The van der Waals surface area contributed by atoms with Crippen LogP contribution >= 0.6 is 11.3 Å². The molecule has 0 unspecified atom stereocenters. The minimum absolute atomic E-state index is 0.228. The third kappa shape index (κ3) is 4.61. The van der Waals surface area contributed by atoms with Crippen molar-refractivity contribution in [2.75, 3.05) is 41.8 Å². The highest BCUT2D eigenvalue weighted by Gasteiger charge is 2.15. The SMILES string of the molecule is O=C(Nc1ccc(Nc2cc(N3CCOCC3)cnn2)cc1)c1cc(-c2cccs2)on1. The Balaban J connectivity index is 1.21. The van der Waals surface area contributed by atoms with Crippen LogP contribution < -0.4 is 15.5 Å². The van der Waals surface area contributed by atoms with E-state index in [1.165, 1.54) is 11.3 Å². The maximum absolute atomic E-state index is 12.5. The molecule has 9 nitrogen and oxygen atoms in total. The highest BCUT2D eigenvalue weighted by atomic mass is 32.1. The van der Waals surface area contributed by atoms with Gasteiger partial charge in [0.25, 0.3) is 5.91 Å². The lowest BCUT2D eigenvalue weighted by atomic mass is 10.2. The monoisotopic (exact) mass is 448 g/mol. The van der Waals surface area contributed by atoms with Crippen LogP contribution in [0.25, 0.3) is 10.6 Å². The Morgan fingerprint density at radius 1 is 1.06 bits per heavy atom. The lowest BCUT2D eigenvalue weighted by Crippen LogP contribution is -2.36. The topological polar surface area (TPSA) is 105 Å². The van der Waals surface area contributed by atoms with Gasteiger partial charge in [-0.05, 0) is 35.7 Å². The van der Waals surface area contributed by atoms with Gasteiger partial charge in [-0.3, -0.25) is 4.79 Å². The number of nitrogens with one attached hydrogen (secondary N) is 2. The lowest BCUT2D eigenvalue weighted by molar-refractivity contribution is 0.101. The number of aromatic nitrogens is 3. The molecule has 1 aliphatic heterocycles. The van der Waals surface area contributed by atoms with Crippen molar-refractivity contribution in [1.29, 1.82) is 0 Å². The van der Waals surface area contributed by atoms with E-state index in [2.05, 4.69) is 30.9 Å². The summed E-state index contributed by atoms with van der Waals surface area (Å²) in [5.41, 5.74) is 2.71. The second kappa shape index (κ2) is 9.16. The van der Waals surface area contributed by atoms with Crippen molar-refractivity contribution >= 4 is 40.1 Å². The largest absolute Gasteiger partial charge is 0.378 e. The van der Waals surface area contributed by atoms with E-state index in [0.717, 1.165) is 29.3 Å². The lowest BCUT2D eigenvalue weighted by Gasteiger charge is -2.28. The molecule has 0 radical (unpaired) electrons. The smallest absolute Gasteiger partial charge is 0.277 e. The van der Waals surface area contributed by atoms with Gasteiger partial charge in [0.15, 0.2) is 17.3 Å². The Kier molecular flexibility index (Phi) is 5.77. The summed E-state index contributed by atoms with van der Waals surface area (Å²) < 4.78 is 10.7. The number of benzene rings is 1. The summed E-state index contributed by atoms with van der Waals surface area (Å²) in [4.78, 5) is 15.6. The van der Waals surface area contributed by atoms with E-state index in [4.69, 9.17) is 9.26 Å². The van der Waals surface area contributed by atoms with Crippen LogP contribution in [0.15, 0.2) is 64.6 Å². The molecule has 4 aromatic rings. The van der Waals surface area contributed by atoms with E-state index in [0.29, 0.717) is 30.5 Å². The molecule has 1 fully saturated rings. The first-order chi connectivity index (χ1) is 15.7. The summed E-state index contributed by atoms with van der Waals surface area (Å²) in [6.45, 7) is 3.09. The molecule has 0 saturated carbocycles. The van der Waals surface area contributed by atoms with Crippen molar-refractivity contribution < 1.29 is 14.1 Å². The molecule has 1 amide bonds. The van der Waals surface area contributed by atoms with Gasteiger partial charge in [-0.15, -0.1) is 16.4 Å². The van der Waals surface area contributed by atoms with Crippen molar-refractivity contribution in [3.8, 4) is 10.6 Å². The number of anilines is 4. The van der Waals surface area contributed by atoms with Gasteiger partial charge in [-0.2, -0.15) is 5.10 Å². The number of carbonyl (C=O) groups is 1. The molecule has 0 spiro atoms. The van der Waals surface area contributed by atoms with Gasteiger partial charge < -0.3 is 24.8 Å². The van der Waals surface area contributed by atoms with Crippen molar-refractivity contribution in [3.05, 3.63) is 65.8 Å². The standard InChI is InChI=1S/C22H20N6O3S/c29-22(18-13-19(31-27-18)20-2-1-11-32-20)25-16-5-3-15(4-6-16)24-21-12-17(14-23-26-21)28-7-9-30-10-8-28/h1-6,11-14H,7-10H2,(H,24,26)(H,25,29). The predicted octanol–water partition coefficient (Wildman–Crippen LogP) is 4.03. The van der Waals surface area contributed by atoms with Crippen LogP contribution in [0.5, 0.6) is 0 Å². The van der Waals surface area contributed by atoms with E-state index in [1.54, 1.807) is 24.4 Å². The van der Waals surface area contributed by atoms with Crippen LogP contribution in [0.1, 0.15) is 10.5 Å². The Hall–Kier alpha value is -3.76. The molecule has 0 atom stereocenters. The van der Waals surface area contributed by atoms with Gasteiger partial charge in [0.05, 0.1) is 30.0 Å². The number of morpholine rings is 1. The molecule has 1 aromatic carbocycles. The van der Waals surface area contributed by atoms with Gasteiger partial charge in [0.2, 0.25) is 0 Å². The number of rotatable bonds is 6. The molecule has 5 rings (SSSR count). The van der Waals surface area contributed by atoms with Crippen LogP contribution in [0.2, 0.25) is 0 Å². The van der Waals surface area contributed by atoms with E-state index in [9.17, 15) is 4.79 Å². The molecule has 3 aromatic heterocycles. The van der Waals surface area contributed by atoms with Crippen LogP contribution in [0.4, 0.5) is 22.9 Å². The number of thiophene rings is 1. The third-order valence-corrected chi connectivity index (χ3v) is 5.82. The minimum atomic E-state index is -0.332. The quantitative estimate of drug-likeness (QED) is 0.456. The van der Waals surface area contributed by atoms with Crippen molar-refractivity contribution in [3.63, 3.8) is 0 Å². The third-order valence-electron chi connectivity index (χ3n) is 4.94. The summed E-state index contributed by atoms with van der Waals surface area (Å²) in [6.07, 6.45) is 1.75. The normalized spacial score (nSPS) is 13.7. The Labute approximate surface area is 188 Å². The number of carbonyl (C=O) groups excluding carboxylic acids is 1. The first-order valence-corrected chi connectivity index (χ1v) is 11.0. The van der Waals surface area contributed by atoms with Gasteiger partial charge in [0.1, 0.15) is 0 Å². The van der Waals surface area contributed by atoms with Crippen molar-refractivity contribution in [2.24, 2.45) is 0 Å². The first kappa shape index (κ1) is 20.2. The molecule has 1 aliphatic rings. The minimum Gasteiger partial charge on any atom is -0.378 e. The zero-order valence-electron chi connectivity index (χ0n) is 17.0. The number of hydrogen-bond donors (Lipinski definition) is 2. The Bertz CT molecular complexity index is 1190. The first-order valence-electron chi connectivity index (χ1n) is 10.1. The van der Waals surface area contributed by atoms with E-state index >= 15 is 0 Å². The molecule has 32 heavy (non-hydrogen) atoms. The molecule has 1 saturated heterocycles. The van der Waals surface area contributed by atoms with Crippen LogP contribution in [-0.4, -0.2) is 47.6 Å². The average Bonchev–Trinajstić information content (AvgIpc) is 3.53. The highest BCUT2D eigenvalue weighted by molar-refractivity contribution is 7.13. The molecular weight excluding hydrogens is 428 g/mol. The van der Waals surface area contributed by atoms with Gasteiger partial charge in [-0.1, -0.05) is 11.2 Å². The molecule has 2 N–H and O–H groups in total. The van der Waals surface area contributed by atoms with Gasteiger partial charge >= 0.3 is 0 Å². The number of amides is 1. The summed E-state index contributed by atoms with van der Waals surface area (Å²) in [5.74, 6) is 0.890. The molecule has 0 aliphatic carbocycles. The van der Waals surface area contributed by atoms with Gasteiger partial charge in [0, 0.05) is 36.6 Å². The summed E-state index contributed by atoms with van der Waals surface area (Å²) in [6, 6.07) is 14.8. The fourth-order valence-electron chi connectivity index (χ4n) is 3.31. The molecule has 4 heterocycles. The zero-order chi connectivity index (χ0) is 21.8. The van der Waals surface area contributed by atoms with Gasteiger partial charge in [-0.25, -0.2) is 0 Å². The highest BCUT2D eigenvalue weighted by Crippen LogP contribution is 2.26. The average molecular weight is 449 g/mol. The molecular formula is C22H20N6O3S. The fourth-order valence-corrected chi connectivity index (χ4v) is 3.98. The summed E-state index contributed by atoms with van der Waals surface area (Å²) in [7, 11) is 0. The maximum Gasteiger partial charge on any atom is 0.277 e. The van der Waals surface area contributed by atoms with Crippen LogP contribution in [-0.2, 0) is 4.74 Å². The second-order valence-corrected chi connectivity index (χ2v) is 8.06. The summed E-state index contributed by atoms with van der Waals surface area (Å²) in [5, 5.41) is 20.1. The van der Waals surface area contributed by atoms with Crippen molar-refractivity contribution in [2.45, 2.75) is 0 Å². The Morgan fingerprint density at radius 2 is 1.88 bits per heavy atom. The van der Waals surface area contributed by atoms with Crippen LogP contribution in [0, 0.1) is 0 Å². The van der Waals surface area contributed by atoms with E-state index < -0.39 is 0 Å². The fraction of sp³-hybridized carbons (Fsp3) is 0.182. The van der Waals surface area contributed by atoms with E-state index in [-0.39, 0.29) is 11.6 Å². The van der Waals surface area contributed by atoms with Crippen molar-refractivity contribution in [1.82, 2.24) is 15.4 Å². The number of ether oxygens (including phenoxy) is 1. The second-order valence-electron chi connectivity index (χ2n) is 7.11. The van der Waals surface area contributed by atoms with E-state index in [1.807, 2.05) is 35.7 Å². The zero-order valence-corrected chi connectivity index (χ0v) is 17.8. The molecule has 0 bridgehead atoms. The summed E-state index contributed by atoms with van der Waals surface area (Å²) >= 11 is 1.53. The predicted molar refractivity (Wildman–Crippen MR) is 123 cm³/mol.